The van der Waals surface area contributed by atoms with Crippen LogP contribution in [0.5, 0.6) is 0 Å². The first-order valence-corrected chi connectivity index (χ1v) is 8.95. The van der Waals surface area contributed by atoms with E-state index in [1.165, 1.54) is 0 Å². The first-order valence-electron chi connectivity index (χ1n) is 7.17. The third-order valence-corrected chi connectivity index (χ3v) is 7.73. The van der Waals surface area contributed by atoms with Crippen molar-refractivity contribution in [2.45, 2.75) is 0 Å². The standard InChI is InChI=1S/C19H18N2P/c20-19(21)22(16-10-4-1-5-11-16,17-12-6-2-7-13-17)18-14-8-3-9-15-18/h1-15H,(H3,20,21)/q+1. The fourth-order valence-corrected chi connectivity index (χ4v) is 6.41. The molecule has 2 nitrogen and oxygen atoms in total. The molecule has 0 aromatic heterocycles. The van der Waals surface area contributed by atoms with Crippen molar-refractivity contribution in [1.29, 1.82) is 5.41 Å². The maximum Gasteiger partial charge on any atom is 0.256 e. The van der Waals surface area contributed by atoms with Crippen molar-refractivity contribution in [2.75, 3.05) is 0 Å². The van der Waals surface area contributed by atoms with Gasteiger partial charge in [0.1, 0.15) is 15.9 Å². The zero-order valence-corrected chi connectivity index (χ0v) is 13.1. The molecule has 3 rings (SSSR count). The predicted molar refractivity (Wildman–Crippen MR) is 97.1 cm³/mol. The van der Waals surface area contributed by atoms with E-state index in [4.69, 9.17) is 11.1 Å². The molecule has 0 aliphatic heterocycles. The Morgan fingerprint density at radius 3 is 1.09 bits per heavy atom. The molecular formula is C19H18N2P+. The highest BCUT2D eigenvalue weighted by molar-refractivity contribution is 8.08. The SMILES string of the molecule is N=C(N)[P+](c1ccccc1)(c1ccccc1)c1ccccc1. The third-order valence-electron chi connectivity index (χ3n) is 3.79. The van der Waals surface area contributed by atoms with Gasteiger partial charge in [0.2, 0.25) is 0 Å². The minimum absolute atomic E-state index is 0.232. The summed E-state index contributed by atoms with van der Waals surface area (Å²) in [4.78, 5) is 0. The highest BCUT2D eigenvalue weighted by Gasteiger charge is 2.49. The number of nitrogens with two attached hydrogens (primary N) is 1. The molecule has 3 N–H and O–H groups in total. The van der Waals surface area contributed by atoms with Crippen molar-refractivity contribution in [3.8, 4) is 0 Å². The van der Waals surface area contributed by atoms with E-state index >= 15 is 0 Å². The first-order chi connectivity index (χ1) is 10.8. The van der Waals surface area contributed by atoms with Gasteiger partial charge in [-0.3, -0.25) is 5.41 Å². The summed E-state index contributed by atoms with van der Waals surface area (Å²) in [6.45, 7) is 0. The average Bonchev–Trinajstić information content (AvgIpc) is 2.58. The highest BCUT2D eigenvalue weighted by atomic mass is 31.2. The third kappa shape index (κ3) is 2.32. The van der Waals surface area contributed by atoms with Crippen molar-refractivity contribution in [3.63, 3.8) is 0 Å². The Hall–Kier alpha value is -2.44. The summed E-state index contributed by atoms with van der Waals surface area (Å²) >= 11 is 0. The molecule has 3 aromatic rings. The van der Waals surface area contributed by atoms with E-state index in [0.717, 1.165) is 15.9 Å². The van der Waals surface area contributed by atoms with Gasteiger partial charge in [-0.15, -0.1) is 0 Å². The van der Waals surface area contributed by atoms with Crippen LogP contribution in [0.2, 0.25) is 0 Å². The average molecular weight is 305 g/mol. The van der Waals surface area contributed by atoms with Gasteiger partial charge in [0.05, 0.1) is 0 Å². The van der Waals surface area contributed by atoms with E-state index in [0.29, 0.717) is 0 Å². The monoisotopic (exact) mass is 305 g/mol. The Balaban J connectivity index is 2.37. The van der Waals surface area contributed by atoms with Crippen LogP contribution in [-0.2, 0) is 0 Å². The van der Waals surface area contributed by atoms with Gasteiger partial charge in [0, 0.05) is 0 Å². The fraction of sp³-hybridized carbons (Fsp3) is 0. The molecule has 0 amide bonds. The topological polar surface area (TPSA) is 49.9 Å². The summed E-state index contributed by atoms with van der Waals surface area (Å²) in [6, 6.07) is 30.5. The lowest BCUT2D eigenvalue weighted by Gasteiger charge is -2.25. The summed E-state index contributed by atoms with van der Waals surface area (Å²) in [5, 5.41) is 11.8. The molecule has 0 fully saturated rings. The van der Waals surface area contributed by atoms with Gasteiger partial charge in [0.25, 0.3) is 5.58 Å². The number of hydrogen-bond acceptors (Lipinski definition) is 1. The fourth-order valence-electron chi connectivity index (χ4n) is 2.82. The molecule has 0 radical (unpaired) electrons. The number of nitrogens with one attached hydrogen (secondary N) is 1. The lowest BCUT2D eigenvalue weighted by molar-refractivity contribution is 1.50. The van der Waals surface area contributed by atoms with Gasteiger partial charge in [-0.1, -0.05) is 54.6 Å². The van der Waals surface area contributed by atoms with Crippen molar-refractivity contribution >= 4 is 28.8 Å². The molecule has 0 saturated heterocycles. The summed E-state index contributed by atoms with van der Waals surface area (Å²) in [5.74, 6) is 0. The Labute approximate surface area is 131 Å². The van der Waals surface area contributed by atoms with Crippen LogP contribution in [0, 0.1) is 5.41 Å². The summed E-state index contributed by atoms with van der Waals surface area (Å²) in [6.07, 6.45) is 0. The lowest BCUT2D eigenvalue weighted by atomic mass is 10.4. The molecule has 0 aliphatic rings. The molecule has 22 heavy (non-hydrogen) atoms. The van der Waals surface area contributed by atoms with Crippen LogP contribution >= 0.6 is 7.26 Å². The van der Waals surface area contributed by atoms with Gasteiger partial charge in [0.15, 0.2) is 7.26 Å². The zero-order chi connectivity index (χ0) is 15.4. The maximum atomic E-state index is 8.44. The molecule has 3 heteroatoms. The summed E-state index contributed by atoms with van der Waals surface area (Å²) < 4.78 is 0. The van der Waals surface area contributed by atoms with E-state index in [-0.39, 0.29) is 5.58 Å². The highest BCUT2D eigenvalue weighted by Crippen LogP contribution is 2.54. The van der Waals surface area contributed by atoms with E-state index in [1.54, 1.807) is 0 Å². The predicted octanol–water partition coefficient (Wildman–Crippen LogP) is 2.87. The minimum Gasteiger partial charge on any atom is -0.354 e. The second-order valence-electron chi connectivity index (χ2n) is 5.06. The molecule has 0 unspecified atom stereocenters. The van der Waals surface area contributed by atoms with Crippen molar-refractivity contribution in [3.05, 3.63) is 91.0 Å². The molecule has 0 heterocycles. The van der Waals surface area contributed by atoms with Crippen LogP contribution in [0.1, 0.15) is 0 Å². The molecule has 108 valence electrons. The summed E-state index contributed by atoms with van der Waals surface area (Å²) in [5.41, 5.74) is 6.43. The first kappa shape index (κ1) is 14.5. The van der Waals surface area contributed by atoms with Crippen molar-refractivity contribution in [2.24, 2.45) is 5.73 Å². The number of amidine groups is 1. The van der Waals surface area contributed by atoms with Gasteiger partial charge in [-0.2, -0.15) is 0 Å². The quantitative estimate of drug-likeness (QED) is 0.435. The smallest absolute Gasteiger partial charge is 0.256 e. The van der Waals surface area contributed by atoms with E-state index in [9.17, 15) is 0 Å². The number of hydrogen-bond donors (Lipinski definition) is 2. The van der Waals surface area contributed by atoms with Crippen LogP contribution in [0.25, 0.3) is 0 Å². The zero-order valence-electron chi connectivity index (χ0n) is 12.2. The normalized spacial score (nSPS) is 11.1. The van der Waals surface area contributed by atoms with Crippen molar-refractivity contribution in [1.82, 2.24) is 0 Å². The lowest BCUT2D eigenvalue weighted by Crippen LogP contribution is -2.39. The number of rotatable bonds is 4. The number of benzene rings is 3. The second kappa shape index (κ2) is 6.13. The molecular weight excluding hydrogens is 287 g/mol. The van der Waals surface area contributed by atoms with Gasteiger partial charge in [-0.05, 0) is 36.4 Å². The molecule has 0 bridgehead atoms. The van der Waals surface area contributed by atoms with Crippen molar-refractivity contribution < 1.29 is 0 Å². The van der Waals surface area contributed by atoms with Gasteiger partial charge >= 0.3 is 0 Å². The van der Waals surface area contributed by atoms with E-state index in [1.807, 2.05) is 54.6 Å². The maximum absolute atomic E-state index is 8.44. The van der Waals surface area contributed by atoms with Crippen LogP contribution < -0.4 is 21.6 Å². The van der Waals surface area contributed by atoms with E-state index < -0.39 is 7.26 Å². The molecule has 0 spiro atoms. The van der Waals surface area contributed by atoms with Crippen LogP contribution in [-0.4, -0.2) is 5.58 Å². The Morgan fingerprint density at radius 2 is 0.864 bits per heavy atom. The summed E-state index contributed by atoms with van der Waals surface area (Å²) in [7, 11) is -2.26. The van der Waals surface area contributed by atoms with Crippen LogP contribution in [0.15, 0.2) is 91.0 Å². The Bertz CT molecular complexity index is 659. The van der Waals surface area contributed by atoms with Gasteiger partial charge < -0.3 is 5.73 Å². The molecule has 0 atom stereocenters. The van der Waals surface area contributed by atoms with Crippen LogP contribution in [0.4, 0.5) is 0 Å². The van der Waals surface area contributed by atoms with E-state index in [2.05, 4.69) is 36.4 Å². The largest absolute Gasteiger partial charge is 0.354 e. The molecule has 0 saturated carbocycles. The molecule has 0 aliphatic carbocycles. The van der Waals surface area contributed by atoms with Gasteiger partial charge in [-0.25, -0.2) is 0 Å². The molecule has 3 aromatic carbocycles. The van der Waals surface area contributed by atoms with Crippen LogP contribution in [0.3, 0.4) is 0 Å². The minimum atomic E-state index is -2.26. The Morgan fingerprint density at radius 1 is 0.591 bits per heavy atom. The Kier molecular flexibility index (Phi) is 4.04. The second-order valence-corrected chi connectivity index (χ2v) is 8.44.